The van der Waals surface area contributed by atoms with Crippen molar-refractivity contribution in [1.82, 2.24) is 0 Å². The second-order valence-corrected chi connectivity index (χ2v) is 3.74. The molecule has 19 heavy (non-hydrogen) atoms. The van der Waals surface area contributed by atoms with E-state index in [1.165, 1.54) is 25.7 Å². The Bertz CT molecular complexity index is 368. The molecule has 1 unspecified atom stereocenters. The maximum atomic E-state index is 7.50. The molecular formula is C15H16MoO3. The van der Waals surface area contributed by atoms with E-state index >= 15 is 0 Å². The van der Waals surface area contributed by atoms with Crippen LogP contribution in [-0.2, 0) is 41.4 Å². The van der Waals surface area contributed by atoms with Crippen molar-refractivity contribution in [3.05, 3.63) is 55.3 Å². The van der Waals surface area contributed by atoms with Gasteiger partial charge in [-0.3, -0.25) is 0 Å². The van der Waals surface area contributed by atoms with Gasteiger partial charge in [0.05, 0.1) is 0 Å². The molecule has 2 rings (SSSR count). The van der Waals surface area contributed by atoms with E-state index < -0.39 is 0 Å². The van der Waals surface area contributed by atoms with Gasteiger partial charge >= 0.3 is 33.9 Å². The molecule has 3 nitrogen and oxygen atoms in total. The number of benzene rings is 1. The first-order valence-electron chi connectivity index (χ1n) is 5.61. The van der Waals surface area contributed by atoms with Crippen molar-refractivity contribution in [1.29, 1.82) is 0 Å². The van der Waals surface area contributed by atoms with Gasteiger partial charge < -0.3 is 0 Å². The van der Waals surface area contributed by atoms with E-state index in [1.54, 1.807) is 11.1 Å². The Balaban J connectivity index is -0.000000325. The normalized spacial score (nSPS) is 12.9. The summed E-state index contributed by atoms with van der Waals surface area (Å²) in [6.07, 6.45) is 5.45. The molecule has 0 radical (unpaired) electrons. The van der Waals surface area contributed by atoms with Gasteiger partial charge in [-0.2, -0.15) is 0 Å². The summed E-state index contributed by atoms with van der Waals surface area (Å²) in [6.45, 7) is 15.8. The molecule has 0 heterocycles. The van der Waals surface area contributed by atoms with Crippen LogP contribution < -0.4 is 0 Å². The van der Waals surface area contributed by atoms with Gasteiger partial charge in [-0.25, -0.2) is 0 Å². The molecule has 0 spiro atoms. The summed E-state index contributed by atoms with van der Waals surface area (Å²) in [6, 6.07) is 8.86. The fourth-order valence-corrected chi connectivity index (χ4v) is 2.07. The average molecular weight is 340 g/mol. The molecule has 1 atom stereocenters. The van der Waals surface area contributed by atoms with Crippen molar-refractivity contribution < 1.29 is 35.0 Å². The van der Waals surface area contributed by atoms with Gasteiger partial charge in [0, 0.05) is 21.1 Å². The maximum absolute atomic E-state index is 7.50. The second-order valence-electron chi connectivity index (χ2n) is 3.74. The van der Waals surface area contributed by atoms with Crippen molar-refractivity contribution in [3.63, 3.8) is 0 Å². The Morgan fingerprint density at radius 1 is 1.05 bits per heavy atom. The van der Waals surface area contributed by atoms with Crippen LogP contribution in [0.4, 0.5) is 0 Å². The summed E-state index contributed by atoms with van der Waals surface area (Å²) >= 11 is 0. The van der Waals surface area contributed by atoms with Gasteiger partial charge in [0.15, 0.2) is 0 Å². The second kappa shape index (κ2) is 17.1. The van der Waals surface area contributed by atoms with Crippen LogP contribution in [0.3, 0.4) is 0 Å². The van der Waals surface area contributed by atoms with Crippen molar-refractivity contribution in [2.24, 2.45) is 0 Å². The third-order valence-corrected chi connectivity index (χ3v) is 2.87. The van der Waals surface area contributed by atoms with Gasteiger partial charge in [0.25, 0.3) is 0 Å². The minimum absolute atomic E-state index is 0. The fraction of sp³-hybridized carbons (Fsp3) is 0.400. The first-order valence-corrected chi connectivity index (χ1v) is 5.61. The number of rotatable bonds is 3. The molecule has 0 amide bonds. The smallest absolute Gasteiger partial charge is 0 e. The Labute approximate surface area is 129 Å². The summed E-state index contributed by atoms with van der Waals surface area (Å²) in [5, 5.41) is 0. The number of fused-ring (bicyclic) bond motifs is 1. The van der Waals surface area contributed by atoms with Crippen LogP contribution in [0.25, 0.3) is 0 Å². The van der Waals surface area contributed by atoms with Gasteiger partial charge in [0.1, 0.15) is 0 Å². The van der Waals surface area contributed by atoms with E-state index in [-0.39, 0.29) is 21.1 Å². The van der Waals surface area contributed by atoms with Crippen LogP contribution in [0, 0.1) is 20.0 Å². The SMILES string of the molecule is CCCCC1Cc2ccccc21.[C-]#[O+].[C-]#[O+].[C-]#[O+].[Mo]. The number of unbranched alkanes of at least 4 members (excludes halogenated alkanes) is 1. The molecule has 0 fully saturated rings. The molecule has 0 aromatic heterocycles. The predicted octanol–water partition coefficient (Wildman–Crippen LogP) is 3.40. The van der Waals surface area contributed by atoms with Gasteiger partial charge in [0.2, 0.25) is 0 Å². The van der Waals surface area contributed by atoms with Gasteiger partial charge in [-0.05, 0) is 29.9 Å². The van der Waals surface area contributed by atoms with Crippen LogP contribution in [-0.4, -0.2) is 0 Å². The van der Waals surface area contributed by atoms with Crippen molar-refractivity contribution in [2.45, 2.75) is 38.5 Å². The molecule has 1 aromatic rings. The predicted molar refractivity (Wildman–Crippen MR) is 64.2 cm³/mol. The Morgan fingerprint density at radius 3 is 2.05 bits per heavy atom. The summed E-state index contributed by atoms with van der Waals surface area (Å²) in [7, 11) is 0. The van der Waals surface area contributed by atoms with Gasteiger partial charge in [-0.15, -0.1) is 0 Å². The Kier molecular flexibility index (Phi) is 20.9. The molecule has 0 N–H and O–H groups in total. The molecule has 0 bridgehead atoms. The topological polar surface area (TPSA) is 59.7 Å². The number of hydrogen-bond acceptors (Lipinski definition) is 0. The monoisotopic (exact) mass is 342 g/mol. The van der Waals surface area contributed by atoms with Crippen molar-refractivity contribution in [2.75, 3.05) is 0 Å². The molecular weight excluding hydrogens is 324 g/mol. The van der Waals surface area contributed by atoms with E-state index in [4.69, 9.17) is 14.0 Å². The van der Waals surface area contributed by atoms with Crippen LogP contribution in [0.2, 0.25) is 0 Å². The molecule has 1 aliphatic carbocycles. The molecule has 4 heteroatoms. The zero-order valence-electron chi connectivity index (χ0n) is 10.8. The summed E-state index contributed by atoms with van der Waals surface area (Å²) < 4.78 is 22.5. The van der Waals surface area contributed by atoms with Gasteiger partial charge in [-0.1, -0.05) is 44.0 Å². The van der Waals surface area contributed by atoms with Crippen LogP contribution in [0.15, 0.2) is 24.3 Å². The summed E-state index contributed by atoms with van der Waals surface area (Å²) in [4.78, 5) is 0. The van der Waals surface area contributed by atoms with Crippen LogP contribution in [0.1, 0.15) is 43.2 Å². The first-order chi connectivity index (χ1) is 8.92. The molecule has 0 saturated heterocycles. The average Bonchev–Trinajstić information content (AvgIpc) is 2.47. The van der Waals surface area contributed by atoms with Crippen LogP contribution in [0.5, 0.6) is 0 Å². The molecule has 100 valence electrons. The van der Waals surface area contributed by atoms with Crippen molar-refractivity contribution >= 4 is 0 Å². The number of hydrogen-bond donors (Lipinski definition) is 0. The molecule has 0 aliphatic heterocycles. The fourth-order valence-electron chi connectivity index (χ4n) is 2.07. The van der Waals surface area contributed by atoms with E-state index in [9.17, 15) is 0 Å². The van der Waals surface area contributed by atoms with E-state index in [2.05, 4.69) is 51.1 Å². The van der Waals surface area contributed by atoms with Crippen LogP contribution >= 0.6 is 0 Å². The zero-order valence-corrected chi connectivity index (χ0v) is 12.9. The summed E-state index contributed by atoms with van der Waals surface area (Å²) in [5.41, 5.74) is 3.20. The third kappa shape index (κ3) is 8.01. The summed E-state index contributed by atoms with van der Waals surface area (Å²) in [5.74, 6) is 0.890. The Morgan fingerprint density at radius 2 is 1.58 bits per heavy atom. The minimum atomic E-state index is 0. The molecule has 0 saturated carbocycles. The molecule has 1 aromatic carbocycles. The van der Waals surface area contributed by atoms with E-state index in [1.807, 2.05) is 0 Å². The Hall–Kier alpha value is -0.872. The third-order valence-electron chi connectivity index (χ3n) is 2.87. The molecule has 1 aliphatic rings. The zero-order chi connectivity index (χ0) is 14.4. The standard InChI is InChI=1S/C12H16.3CO.Mo/c1-2-3-6-10-9-11-7-4-5-8-12(10)11;3*1-2;/h4-5,7-8,10H,2-3,6,9H2,1H3;;;;. The van der Waals surface area contributed by atoms with E-state index in [0.717, 1.165) is 5.92 Å². The van der Waals surface area contributed by atoms with Crippen molar-refractivity contribution in [3.8, 4) is 0 Å². The largest absolute Gasteiger partial charge is 0 e. The quantitative estimate of drug-likeness (QED) is 0.460. The maximum Gasteiger partial charge on any atom is 0 e. The van der Waals surface area contributed by atoms with E-state index in [0.29, 0.717) is 0 Å². The first kappa shape index (κ1) is 23.2. The minimum Gasteiger partial charge on any atom is 0 e.